The molecule has 1 aliphatic heterocycles. The van der Waals surface area contributed by atoms with Gasteiger partial charge in [-0.05, 0) is 43.3 Å². The summed E-state index contributed by atoms with van der Waals surface area (Å²) in [4.78, 5) is 17.1. The number of piperazine rings is 1. The fourth-order valence-corrected chi connectivity index (χ4v) is 3.42. The first-order chi connectivity index (χ1) is 14.1. The number of hydrogen-bond donors (Lipinski definition) is 1. The third-order valence-electron chi connectivity index (χ3n) is 5.13. The summed E-state index contributed by atoms with van der Waals surface area (Å²) in [7, 11) is 0. The van der Waals surface area contributed by atoms with Crippen molar-refractivity contribution in [2.24, 2.45) is 0 Å². The van der Waals surface area contributed by atoms with Crippen LogP contribution in [0.4, 0.5) is 5.69 Å². The van der Waals surface area contributed by atoms with Crippen LogP contribution in [0.3, 0.4) is 0 Å². The molecule has 0 aromatic heterocycles. The van der Waals surface area contributed by atoms with Gasteiger partial charge in [-0.25, -0.2) is 0 Å². The highest BCUT2D eigenvalue weighted by molar-refractivity contribution is 6.30. The maximum absolute atomic E-state index is 12.6. The van der Waals surface area contributed by atoms with Crippen molar-refractivity contribution < 1.29 is 9.53 Å². The second kappa shape index (κ2) is 10.3. The number of hydrogen-bond acceptors (Lipinski definition) is 5. The second-order valence-electron chi connectivity index (χ2n) is 7.00. The molecule has 3 rings (SSSR count). The van der Waals surface area contributed by atoms with Gasteiger partial charge >= 0.3 is 0 Å². The molecule has 1 aliphatic rings. The van der Waals surface area contributed by atoms with Crippen molar-refractivity contribution in [3.63, 3.8) is 0 Å². The molecule has 6 nitrogen and oxygen atoms in total. The third-order valence-corrected chi connectivity index (χ3v) is 5.38. The fraction of sp³-hybridized carbons (Fsp3) is 0.364. The molecule has 1 atom stereocenters. The summed E-state index contributed by atoms with van der Waals surface area (Å²) in [5.41, 5.74) is 1.03. The zero-order valence-corrected chi connectivity index (χ0v) is 17.2. The number of carbonyl (C=O) groups is 1. The van der Waals surface area contributed by atoms with E-state index in [1.165, 1.54) is 0 Å². The summed E-state index contributed by atoms with van der Waals surface area (Å²) in [5.74, 6) is 0.725. The van der Waals surface area contributed by atoms with E-state index >= 15 is 0 Å². The quantitative estimate of drug-likeness (QED) is 0.756. The topological polar surface area (TPSA) is 68.6 Å². The molecule has 0 unspecified atom stereocenters. The third kappa shape index (κ3) is 5.94. The van der Waals surface area contributed by atoms with Crippen LogP contribution >= 0.6 is 11.6 Å². The van der Waals surface area contributed by atoms with Gasteiger partial charge in [-0.1, -0.05) is 23.7 Å². The summed E-state index contributed by atoms with van der Waals surface area (Å²) in [5, 5.41) is 12.7. The van der Waals surface area contributed by atoms with E-state index in [9.17, 15) is 10.1 Å². The van der Waals surface area contributed by atoms with Gasteiger partial charge in [0.1, 0.15) is 18.4 Å². The van der Waals surface area contributed by atoms with Gasteiger partial charge in [0.05, 0.1) is 17.3 Å². The lowest BCUT2D eigenvalue weighted by molar-refractivity contribution is -0.121. The molecule has 1 N–H and O–H groups in total. The number of rotatable bonds is 7. The highest BCUT2D eigenvalue weighted by atomic mass is 35.5. The van der Waals surface area contributed by atoms with Gasteiger partial charge in [0, 0.05) is 37.7 Å². The van der Waals surface area contributed by atoms with Crippen LogP contribution in [0.2, 0.25) is 5.02 Å². The molecule has 0 aliphatic carbocycles. The maximum atomic E-state index is 12.6. The van der Waals surface area contributed by atoms with Crippen molar-refractivity contribution in [3.05, 3.63) is 59.1 Å². The number of halogens is 1. The molecule has 1 heterocycles. The van der Waals surface area contributed by atoms with Crippen LogP contribution < -0.4 is 10.1 Å². The standard InChI is InChI=1S/C22H25ClN4O2/c1-17(22(28)25-21-5-3-2-4-18(21)16-24)27-12-10-26(11-13-27)14-15-29-20-8-6-19(23)7-9-20/h2-9,17H,10-15H2,1H3,(H,25,28)/t17-/m0/s1. The SMILES string of the molecule is C[C@@H](C(=O)Nc1ccccc1C#N)N1CCN(CCOc2ccc(Cl)cc2)CC1. The molecule has 0 bridgehead atoms. The van der Waals surface area contributed by atoms with Crippen molar-refractivity contribution in [2.45, 2.75) is 13.0 Å². The molecule has 1 saturated heterocycles. The molecule has 7 heteroatoms. The molecular formula is C22H25ClN4O2. The van der Waals surface area contributed by atoms with Crippen molar-refractivity contribution >= 4 is 23.2 Å². The van der Waals surface area contributed by atoms with E-state index < -0.39 is 0 Å². The number of amides is 1. The average Bonchev–Trinajstić information content (AvgIpc) is 2.75. The number of para-hydroxylation sites is 1. The first-order valence-electron chi connectivity index (χ1n) is 9.71. The summed E-state index contributed by atoms with van der Waals surface area (Å²) < 4.78 is 5.76. The van der Waals surface area contributed by atoms with Crippen LogP contribution in [0.5, 0.6) is 5.75 Å². The Morgan fingerprint density at radius 1 is 1.17 bits per heavy atom. The molecule has 2 aromatic carbocycles. The minimum Gasteiger partial charge on any atom is -0.492 e. The fourth-order valence-electron chi connectivity index (χ4n) is 3.29. The molecule has 1 amide bonds. The first-order valence-corrected chi connectivity index (χ1v) is 10.1. The van der Waals surface area contributed by atoms with Crippen LogP contribution in [0.1, 0.15) is 12.5 Å². The smallest absolute Gasteiger partial charge is 0.241 e. The average molecular weight is 413 g/mol. The van der Waals surface area contributed by atoms with Crippen molar-refractivity contribution in [3.8, 4) is 11.8 Å². The number of nitriles is 1. The highest BCUT2D eigenvalue weighted by Crippen LogP contribution is 2.17. The molecule has 0 radical (unpaired) electrons. The predicted molar refractivity (Wildman–Crippen MR) is 114 cm³/mol. The Morgan fingerprint density at radius 3 is 2.55 bits per heavy atom. The second-order valence-corrected chi connectivity index (χ2v) is 7.44. The number of nitrogens with one attached hydrogen (secondary N) is 1. The summed E-state index contributed by atoms with van der Waals surface area (Å²) in [6.07, 6.45) is 0. The van der Waals surface area contributed by atoms with Gasteiger partial charge in [-0.15, -0.1) is 0 Å². The number of anilines is 1. The Labute approximate surface area is 176 Å². The van der Waals surface area contributed by atoms with Gasteiger partial charge in [-0.3, -0.25) is 14.6 Å². The molecule has 29 heavy (non-hydrogen) atoms. The van der Waals surface area contributed by atoms with E-state index in [4.69, 9.17) is 16.3 Å². The normalized spacial score (nSPS) is 16.0. The van der Waals surface area contributed by atoms with Gasteiger partial charge in [0.2, 0.25) is 5.91 Å². The Hall–Kier alpha value is -2.59. The van der Waals surface area contributed by atoms with E-state index in [2.05, 4.69) is 21.2 Å². The first kappa shape index (κ1) is 21.1. The Bertz CT molecular complexity index is 858. The lowest BCUT2D eigenvalue weighted by Gasteiger charge is -2.37. The monoisotopic (exact) mass is 412 g/mol. The molecule has 2 aromatic rings. The van der Waals surface area contributed by atoms with Crippen LogP contribution in [-0.2, 0) is 4.79 Å². The zero-order valence-electron chi connectivity index (χ0n) is 16.5. The minimum absolute atomic E-state index is 0.0905. The van der Waals surface area contributed by atoms with Crippen molar-refractivity contribution in [1.82, 2.24) is 9.80 Å². The molecule has 0 spiro atoms. The van der Waals surface area contributed by atoms with E-state index in [-0.39, 0.29) is 11.9 Å². The van der Waals surface area contributed by atoms with E-state index in [1.807, 2.05) is 37.3 Å². The maximum Gasteiger partial charge on any atom is 0.241 e. The van der Waals surface area contributed by atoms with E-state index in [0.717, 1.165) is 38.5 Å². The number of benzene rings is 2. The van der Waals surface area contributed by atoms with Crippen molar-refractivity contribution in [2.75, 3.05) is 44.6 Å². The molecule has 152 valence electrons. The zero-order chi connectivity index (χ0) is 20.6. The van der Waals surface area contributed by atoms with Crippen LogP contribution in [-0.4, -0.2) is 61.1 Å². The van der Waals surface area contributed by atoms with Crippen LogP contribution in [0, 0.1) is 11.3 Å². The highest BCUT2D eigenvalue weighted by Gasteiger charge is 2.25. The predicted octanol–water partition coefficient (Wildman–Crippen LogP) is 3.24. The lowest BCUT2D eigenvalue weighted by Crippen LogP contribution is -2.53. The number of nitrogens with zero attached hydrogens (tertiary/aromatic N) is 3. The van der Waals surface area contributed by atoms with Crippen molar-refractivity contribution in [1.29, 1.82) is 5.26 Å². The molecule has 0 saturated carbocycles. The van der Waals surface area contributed by atoms with Gasteiger partial charge < -0.3 is 10.1 Å². The Morgan fingerprint density at radius 2 is 1.86 bits per heavy atom. The molecule has 1 fully saturated rings. The number of carbonyl (C=O) groups excluding carboxylic acids is 1. The Balaban J connectivity index is 1.41. The summed E-state index contributed by atoms with van der Waals surface area (Å²) in [6.45, 7) is 6.76. The summed E-state index contributed by atoms with van der Waals surface area (Å²) in [6, 6.07) is 16.3. The van der Waals surface area contributed by atoms with Gasteiger partial charge in [-0.2, -0.15) is 5.26 Å². The Kier molecular flexibility index (Phi) is 7.48. The largest absolute Gasteiger partial charge is 0.492 e. The lowest BCUT2D eigenvalue weighted by atomic mass is 10.1. The summed E-state index contributed by atoms with van der Waals surface area (Å²) >= 11 is 5.88. The van der Waals surface area contributed by atoms with Crippen LogP contribution in [0.15, 0.2) is 48.5 Å². The van der Waals surface area contributed by atoms with Gasteiger partial charge in [0.15, 0.2) is 0 Å². The van der Waals surface area contributed by atoms with E-state index in [0.29, 0.717) is 22.9 Å². The number of ether oxygens (including phenoxy) is 1. The van der Waals surface area contributed by atoms with Crippen LogP contribution in [0.25, 0.3) is 0 Å². The molecular weight excluding hydrogens is 388 g/mol. The van der Waals surface area contributed by atoms with E-state index in [1.54, 1.807) is 18.2 Å². The van der Waals surface area contributed by atoms with Gasteiger partial charge in [0.25, 0.3) is 0 Å². The minimum atomic E-state index is -0.255.